The van der Waals surface area contributed by atoms with Gasteiger partial charge >= 0.3 is 6.18 Å². The average Bonchev–Trinajstić information content (AvgIpc) is 3.10. The van der Waals surface area contributed by atoms with Crippen LogP contribution in [0, 0.1) is 0 Å². The molecule has 0 radical (unpaired) electrons. The number of thiazole rings is 1. The van der Waals surface area contributed by atoms with E-state index in [0.29, 0.717) is 24.1 Å². The molecule has 0 aliphatic rings. The predicted molar refractivity (Wildman–Crippen MR) is 116 cm³/mol. The van der Waals surface area contributed by atoms with Crippen LogP contribution in [-0.2, 0) is 30.6 Å². The van der Waals surface area contributed by atoms with Gasteiger partial charge in [0.25, 0.3) is 0 Å². The lowest BCUT2D eigenvalue weighted by Gasteiger charge is -2.12. The van der Waals surface area contributed by atoms with Crippen molar-refractivity contribution < 1.29 is 17.9 Å². The molecule has 0 aliphatic carbocycles. The highest BCUT2D eigenvalue weighted by molar-refractivity contribution is 14.0. The van der Waals surface area contributed by atoms with E-state index in [2.05, 4.69) is 20.6 Å². The van der Waals surface area contributed by atoms with Crippen molar-refractivity contribution in [2.24, 2.45) is 4.99 Å². The third-order valence-electron chi connectivity index (χ3n) is 3.54. The highest BCUT2D eigenvalue weighted by atomic mass is 127. The zero-order valence-corrected chi connectivity index (χ0v) is 19.0. The van der Waals surface area contributed by atoms with Crippen molar-refractivity contribution in [3.05, 3.63) is 51.5 Å². The fourth-order valence-electron chi connectivity index (χ4n) is 2.10. The van der Waals surface area contributed by atoms with E-state index >= 15 is 0 Å². The summed E-state index contributed by atoms with van der Waals surface area (Å²) in [7, 11) is 1.60. The Kier molecular flexibility index (Phi) is 10.2. The van der Waals surface area contributed by atoms with Crippen molar-refractivity contribution in [2.45, 2.75) is 45.8 Å². The number of benzene rings is 1. The molecule has 0 amide bonds. The van der Waals surface area contributed by atoms with Crippen LogP contribution in [0.2, 0.25) is 0 Å². The van der Waals surface area contributed by atoms with Gasteiger partial charge in [-0.3, -0.25) is 4.99 Å². The molecule has 28 heavy (non-hydrogen) atoms. The maximum Gasteiger partial charge on any atom is 0.434 e. The molecule has 0 atom stereocenters. The molecule has 156 valence electrons. The fourth-order valence-corrected chi connectivity index (χ4v) is 2.84. The lowest BCUT2D eigenvalue weighted by molar-refractivity contribution is -0.140. The highest BCUT2D eigenvalue weighted by Gasteiger charge is 2.33. The Bertz CT molecular complexity index is 748. The number of hydrogen-bond acceptors (Lipinski definition) is 4. The zero-order chi connectivity index (χ0) is 19.9. The highest BCUT2D eigenvalue weighted by Crippen LogP contribution is 2.29. The summed E-state index contributed by atoms with van der Waals surface area (Å²) >= 11 is 0.963. The minimum atomic E-state index is -4.42. The Balaban J connectivity index is 0.00000392. The molecule has 1 heterocycles. The molecule has 1 aromatic carbocycles. The van der Waals surface area contributed by atoms with Crippen LogP contribution in [0.3, 0.4) is 0 Å². The molecule has 0 aliphatic heterocycles. The molecular weight excluding hydrogens is 504 g/mol. The van der Waals surface area contributed by atoms with Crippen LogP contribution >= 0.6 is 35.3 Å². The minimum absolute atomic E-state index is 0. The fraction of sp³-hybridized carbons (Fsp3) is 0.444. The number of hydrogen-bond donors (Lipinski definition) is 2. The van der Waals surface area contributed by atoms with Crippen molar-refractivity contribution in [2.75, 3.05) is 7.05 Å². The summed E-state index contributed by atoms with van der Waals surface area (Å²) in [6.45, 7) is 5.27. The molecule has 0 fully saturated rings. The first-order chi connectivity index (χ1) is 12.8. The zero-order valence-electron chi connectivity index (χ0n) is 15.8. The SMILES string of the molecule is CN=C(NCc1ccc(COC(C)C)cc1)NCc1nc(C(F)(F)F)cs1.I. The number of rotatable bonds is 7. The lowest BCUT2D eigenvalue weighted by Crippen LogP contribution is -2.36. The quantitative estimate of drug-likeness (QED) is 0.314. The molecule has 0 spiro atoms. The summed E-state index contributed by atoms with van der Waals surface area (Å²) in [5, 5.41) is 7.45. The van der Waals surface area contributed by atoms with E-state index in [-0.39, 0.29) is 36.6 Å². The molecule has 0 saturated carbocycles. The molecule has 2 aromatic rings. The van der Waals surface area contributed by atoms with Gasteiger partial charge < -0.3 is 15.4 Å². The number of alkyl halides is 3. The Labute approximate surface area is 183 Å². The van der Waals surface area contributed by atoms with E-state index in [1.807, 2.05) is 38.1 Å². The Hall–Kier alpha value is -1.40. The summed E-state index contributed by atoms with van der Waals surface area (Å²) < 4.78 is 43.3. The third-order valence-corrected chi connectivity index (χ3v) is 4.39. The summed E-state index contributed by atoms with van der Waals surface area (Å²) in [6, 6.07) is 8.00. The van der Waals surface area contributed by atoms with Crippen molar-refractivity contribution in [3.8, 4) is 0 Å². The van der Waals surface area contributed by atoms with E-state index in [4.69, 9.17) is 4.74 Å². The average molecular weight is 528 g/mol. The number of halogens is 4. The van der Waals surface area contributed by atoms with Gasteiger partial charge in [0.15, 0.2) is 11.7 Å². The van der Waals surface area contributed by atoms with E-state index in [9.17, 15) is 13.2 Å². The first kappa shape index (κ1) is 24.6. The van der Waals surface area contributed by atoms with Gasteiger partial charge in [-0.2, -0.15) is 13.2 Å². The first-order valence-electron chi connectivity index (χ1n) is 8.43. The normalized spacial score (nSPS) is 12.0. The van der Waals surface area contributed by atoms with Crippen LogP contribution in [0.1, 0.15) is 35.7 Å². The third kappa shape index (κ3) is 8.31. The van der Waals surface area contributed by atoms with Crippen molar-refractivity contribution in [1.29, 1.82) is 0 Å². The van der Waals surface area contributed by atoms with Gasteiger partial charge in [0.2, 0.25) is 0 Å². The van der Waals surface area contributed by atoms with Crippen LogP contribution in [0.15, 0.2) is 34.6 Å². The van der Waals surface area contributed by atoms with E-state index in [1.54, 1.807) is 7.05 Å². The molecule has 0 saturated heterocycles. The van der Waals surface area contributed by atoms with Gasteiger partial charge in [-0.1, -0.05) is 24.3 Å². The second-order valence-corrected chi connectivity index (χ2v) is 7.02. The van der Waals surface area contributed by atoms with Crippen LogP contribution in [0.5, 0.6) is 0 Å². The van der Waals surface area contributed by atoms with Crippen molar-refractivity contribution in [3.63, 3.8) is 0 Å². The largest absolute Gasteiger partial charge is 0.434 e. The van der Waals surface area contributed by atoms with Crippen molar-refractivity contribution >= 4 is 41.3 Å². The molecular formula is C18H24F3IN4OS. The number of aliphatic imine (C=N–C) groups is 1. The number of ether oxygens (including phenoxy) is 1. The number of aromatic nitrogens is 1. The van der Waals surface area contributed by atoms with Gasteiger partial charge in [-0.25, -0.2) is 4.98 Å². The summed E-state index contributed by atoms with van der Waals surface area (Å²) in [5.74, 6) is 0.492. The Morgan fingerprint density at radius 3 is 2.29 bits per heavy atom. The Morgan fingerprint density at radius 1 is 1.14 bits per heavy atom. The van der Waals surface area contributed by atoms with Gasteiger partial charge in [0.1, 0.15) is 5.01 Å². The van der Waals surface area contributed by atoms with Crippen molar-refractivity contribution in [1.82, 2.24) is 15.6 Å². The second kappa shape index (κ2) is 11.6. The molecule has 1 aromatic heterocycles. The van der Waals surface area contributed by atoms with Gasteiger partial charge in [-0.05, 0) is 25.0 Å². The standard InChI is InChI=1S/C18H23F3N4OS.HI/c1-12(2)26-10-14-6-4-13(5-7-14)8-23-17(22-3)24-9-16-25-15(11-27-16)18(19,20)21;/h4-7,11-12H,8-10H2,1-3H3,(H2,22,23,24);1H. The van der Waals surface area contributed by atoms with Crippen LogP contribution < -0.4 is 10.6 Å². The lowest BCUT2D eigenvalue weighted by atomic mass is 10.1. The maximum absolute atomic E-state index is 12.6. The maximum atomic E-state index is 12.6. The molecule has 0 unspecified atom stereocenters. The van der Waals surface area contributed by atoms with E-state index < -0.39 is 11.9 Å². The summed E-state index contributed by atoms with van der Waals surface area (Å²) in [5.41, 5.74) is 1.29. The second-order valence-electron chi connectivity index (χ2n) is 6.08. The van der Waals surface area contributed by atoms with Crippen LogP contribution in [-0.4, -0.2) is 24.1 Å². The van der Waals surface area contributed by atoms with E-state index in [0.717, 1.165) is 27.8 Å². The Morgan fingerprint density at radius 2 is 1.75 bits per heavy atom. The summed E-state index contributed by atoms with van der Waals surface area (Å²) in [6.07, 6.45) is -4.23. The van der Waals surface area contributed by atoms with Crippen LogP contribution in [0.4, 0.5) is 13.2 Å². The summed E-state index contributed by atoms with van der Waals surface area (Å²) in [4.78, 5) is 7.65. The van der Waals surface area contributed by atoms with E-state index in [1.165, 1.54) is 0 Å². The van der Waals surface area contributed by atoms with Gasteiger partial charge in [0, 0.05) is 19.0 Å². The molecule has 5 nitrogen and oxygen atoms in total. The smallest absolute Gasteiger partial charge is 0.374 e. The molecule has 10 heteroatoms. The monoisotopic (exact) mass is 528 g/mol. The minimum Gasteiger partial charge on any atom is -0.374 e. The molecule has 0 bridgehead atoms. The molecule has 2 rings (SSSR count). The van der Waals surface area contributed by atoms with Gasteiger partial charge in [-0.15, -0.1) is 35.3 Å². The molecule has 2 N–H and O–H groups in total. The number of nitrogens with one attached hydrogen (secondary N) is 2. The number of guanidine groups is 1. The van der Waals surface area contributed by atoms with Crippen LogP contribution in [0.25, 0.3) is 0 Å². The first-order valence-corrected chi connectivity index (χ1v) is 9.31. The predicted octanol–water partition coefficient (Wildman–Crippen LogP) is 4.57. The van der Waals surface area contributed by atoms with Gasteiger partial charge in [0.05, 0.1) is 19.3 Å². The topological polar surface area (TPSA) is 58.5 Å². The number of nitrogens with zero attached hydrogens (tertiary/aromatic N) is 2.